The third-order valence-corrected chi connectivity index (χ3v) is 2.98. The lowest BCUT2D eigenvalue weighted by Gasteiger charge is -2.11. The predicted molar refractivity (Wildman–Crippen MR) is 105 cm³/mol. The highest BCUT2D eigenvalue weighted by molar-refractivity contribution is 14.0. The fourth-order valence-electron chi connectivity index (χ4n) is 1.82. The van der Waals surface area contributed by atoms with Gasteiger partial charge in [-0.15, -0.1) is 24.0 Å². The zero-order valence-corrected chi connectivity index (χ0v) is 16.6. The van der Waals surface area contributed by atoms with E-state index in [1.807, 2.05) is 19.1 Å². The molecule has 0 spiro atoms. The van der Waals surface area contributed by atoms with Gasteiger partial charge in [0.05, 0.1) is 13.7 Å². The molecule has 1 rings (SSSR count). The van der Waals surface area contributed by atoms with Gasteiger partial charge in [-0.3, -0.25) is 0 Å². The van der Waals surface area contributed by atoms with Crippen molar-refractivity contribution in [2.75, 3.05) is 33.4 Å². The van der Waals surface area contributed by atoms with E-state index >= 15 is 0 Å². The number of halogens is 1. The van der Waals surface area contributed by atoms with Crippen molar-refractivity contribution in [1.82, 2.24) is 15.6 Å². The van der Waals surface area contributed by atoms with Gasteiger partial charge in [0.2, 0.25) is 5.88 Å². The fourth-order valence-corrected chi connectivity index (χ4v) is 1.82. The molecule has 0 amide bonds. The van der Waals surface area contributed by atoms with Crippen molar-refractivity contribution in [2.24, 2.45) is 4.99 Å². The first-order chi connectivity index (χ1) is 10.8. The summed E-state index contributed by atoms with van der Waals surface area (Å²) in [6.45, 7) is 8.00. The summed E-state index contributed by atoms with van der Waals surface area (Å²) >= 11 is 0. The minimum atomic E-state index is 0. The maximum atomic E-state index is 5.32. The van der Waals surface area contributed by atoms with Crippen molar-refractivity contribution in [3.63, 3.8) is 0 Å². The number of unbranched alkanes of at least 4 members (excludes halogenated alkanes) is 1. The molecule has 6 nitrogen and oxygen atoms in total. The van der Waals surface area contributed by atoms with Gasteiger partial charge in [-0.1, -0.05) is 6.07 Å². The first kappa shape index (κ1) is 21.9. The van der Waals surface area contributed by atoms with Crippen molar-refractivity contribution in [1.29, 1.82) is 0 Å². The summed E-state index contributed by atoms with van der Waals surface area (Å²) in [4.78, 5) is 8.73. The molecule has 23 heavy (non-hydrogen) atoms. The second kappa shape index (κ2) is 14.5. The molecule has 0 atom stereocenters. The molecule has 0 aliphatic carbocycles. The average Bonchev–Trinajstić information content (AvgIpc) is 2.56. The Morgan fingerprint density at radius 1 is 1.22 bits per heavy atom. The number of pyridine rings is 1. The van der Waals surface area contributed by atoms with Crippen molar-refractivity contribution in [3.8, 4) is 5.88 Å². The van der Waals surface area contributed by atoms with Gasteiger partial charge >= 0.3 is 0 Å². The van der Waals surface area contributed by atoms with E-state index in [9.17, 15) is 0 Å². The molecule has 1 heterocycles. The summed E-state index contributed by atoms with van der Waals surface area (Å²) in [7, 11) is 1.61. The minimum Gasteiger partial charge on any atom is -0.481 e. The first-order valence-corrected chi connectivity index (χ1v) is 7.89. The number of hydrogen-bond acceptors (Lipinski definition) is 4. The maximum Gasteiger partial charge on any atom is 0.212 e. The van der Waals surface area contributed by atoms with E-state index in [0.717, 1.165) is 50.7 Å². The largest absolute Gasteiger partial charge is 0.481 e. The maximum absolute atomic E-state index is 5.32. The number of aromatic nitrogens is 1. The van der Waals surface area contributed by atoms with Crippen molar-refractivity contribution >= 4 is 29.9 Å². The van der Waals surface area contributed by atoms with Gasteiger partial charge in [-0.2, -0.15) is 0 Å². The monoisotopic (exact) mass is 436 g/mol. The Bertz CT molecular complexity index is 427. The van der Waals surface area contributed by atoms with Gasteiger partial charge in [0, 0.05) is 38.6 Å². The second-order valence-electron chi connectivity index (χ2n) is 4.73. The van der Waals surface area contributed by atoms with Crippen LogP contribution in [0.5, 0.6) is 5.88 Å². The van der Waals surface area contributed by atoms with E-state index < -0.39 is 0 Å². The Labute approximate surface area is 156 Å². The molecule has 2 N–H and O–H groups in total. The van der Waals surface area contributed by atoms with Crippen molar-refractivity contribution in [3.05, 3.63) is 23.9 Å². The van der Waals surface area contributed by atoms with Gasteiger partial charge in [0.25, 0.3) is 0 Å². The van der Waals surface area contributed by atoms with Gasteiger partial charge in [0.1, 0.15) is 0 Å². The molecule has 132 valence electrons. The van der Waals surface area contributed by atoms with Crippen LogP contribution in [0.2, 0.25) is 0 Å². The zero-order chi connectivity index (χ0) is 16.0. The highest BCUT2D eigenvalue weighted by Gasteiger charge is 1.99. The molecular weight excluding hydrogens is 407 g/mol. The molecule has 0 bridgehead atoms. The Kier molecular flexibility index (Phi) is 13.8. The average molecular weight is 436 g/mol. The second-order valence-corrected chi connectivity index (χ2v) is 4.73. The topological polar surface area (TPSA) is 67.8 Å². The summed E-state index contributed by atoms with van der Waals surface area (Å²) < 4.78 is 10.4. The number of ether oxygens (including phenoxy) is 2. The molecule has 7 heteroatoms. The summed E-state index contributed by atoms with van der Waals surface area (Å²) in [5.74, 6) is 1.45. The number of methoxy groups -OCH3 is 1. The fraction of sp³-hybridized carbons (Fsp3) is 0.625. The number of aliphatic imine (C=N–C) groups is 1. The standard InChI is InChI=1S/C16H28N4O2.HI/c1-4-17-16(18-10-6-7-11-22-5-2)20-13-14-8-9-15(21-3)19-12-14;/h8-9,12H,4-7,10-11,13H2,1-3H3,(H2,17,18,20);1H. The zero-order valence-electron chi connectivity index (χ0n) is 14.3. The molecule has 1 aromatic heterocycles. The van der Waals surface area contributed by atoms with E-state index in [-0.39, 0.29) is 24.0 Å². The van der Waals surface area contributed by atoms with Crippen LogP contribution in [0.3, 0.4) is 0 Å². The molecular formula is C16H29IN4O2. The van der Waals surface area contributed by atoms with Gasteiger partial charge in [0.15, 0.2) is 5.96 Å². The lowest BCUT2D eigenvalue weighted by atomic mass is 10.3. The smallest absolute Gasteiger partial charge is 0.212 e. The van der Waals surface area contributed by atoms with Crippen molar-refractivity contribution < 1.29 is 9.47 Å². The molecule has 1 aromatic rings. The number of nitrogens with one attached hydrogen (secondary N) is 2. The van der Waals surface area contributed by atoms with Crippen LogP contribution in [0.1, 0.15) is 32.3 Å². The summed E-state index contributed by atoms with van der Waals surface area (Å²) in [5.41, 5.74) is 1.05. The SMILES string of the molecule is CCNC(=NCc1ccc(OC)nc1)NCCCCOCC.I. The lowest BCUT2D eigenvalue weighted by molar-refractivity contribution is 0.143. The molecule has 0 fully saturated rings. The Morgan fingerprint density at radius 2 is 2.04 bits per heavy atom. The van der Waals surface area contributed by atoms with Crippen LogP contribution in [-0.4, -0.2) is 44.4 Å². The van der Waals surface area contributed by atoms with Gasteiger partial charge in [-0.25, -0.2) is 9.98 Å². The minimum absolute atomic E-state index is 0. The highest BCUT2D eigenvalue weighted by Crippen LogP contribution is 2.07. The summed E-state index contributed by atoms with van der Waals surface area (Å²) in [6.07, 6.45) is 3.91. The quantitative estimate of drug-likeness (QED) is 0.256. The molecule has 0 radical (unpaired) electrons. The van der Waals surface area contributed by atoms with Crippen LogP contribution in [0, 0.1) is 0 Å². The molecule has 0 unspecified atom stereocenters. The van der Waals surface area contributed by atoms with E-state index in [1.54, 1.807) is 13.3 Å². The van der Waals surface area contributed by atoms with Crippen LogP contribution in [0.15, 0.2) is 23.3 Å². The molecule has 0 aliphatic rings. The highest BCUT2D eigenvalue weighted by atomic mass is 127. The molecule has 0 saturated heterocycles. The number of nitrogens with zero attached hydrogens (tertiary/aromatic N) is 2. The first-order valence-electron chi connectivity index (χ1n) is 7.89. The Balaban J connectivity index is 0.00000484. The Hall–Kier alpha value is -1.09. The molecule has 0 aliphatic heterocycles. The number of rotatable bonds is 10. The normalized spacial score (nSPS) is 10.8. The Morgan fingerprint density at radius 3 is 2.65 bits per heavy atom. The van der Waals surface area contributed by atoms with Crippen LogP contribution < -0.4 is 15.4 Å². The van der Waals surface area contributed by atoms with Crippen LogP contribution >= 0.6 is 24.0 Å². The summed E-state index contributed by atoms with van der Waals surface area (Å²) in [6, 6.07) is 3.82. The molecule has 0 saturated carbocycles. The number of hydrogen-bond donors (Lipinski definition) is 2. The van der Waals surface area contributed by atoms with Gasteiger partial charge < -0.3 is 20.1 Å². The van der Waals surface area contributed by atoms with Crippen molar-refractivity contribution in [2.45, 2.75) is 33.2 Å². The van der Waals surface area contributed by atoms with E-state index in [4.69, 9.17) is 9.47 Å². The van der Waals surface area contributed by atoms with Crippen LogP contribution in [0.25, 0.3) is 0 Å². The third-order valence-electron chi connectivity index (χ3n) is 2.98. The predicted octanol–water partition coefficient (Wildman–Crippen LogP) is 2.58. The summed E-state index contributed by atoms with van der Waals surface area (Å²) in [5, 5.41) is 6.57. The van der Waals surface area contributed by atoms with E-state index in [2.05, 4.69) is 27.5 Å². The van der Waals surface area contributed by atoms with Gasteiger partial charge in [-0.05, 0) is 32.3 Å². The lowest BCUT2D eigenvalue weighted by Crippen LogP contribution is -2.37. The number of guanidine groups is 1. The van der Waals surface area contributed by atoms with E-state index in [1.165, 1.54) is 0 Å². The van der Waals surface area contributed by atoms with Crippen LogP contribution in [0.4, 0.5) is 0 Å². The molecule has 0 aromatic carbocycles. The van der Waals surface area contributed by atoms with Crippen LogP contribution in [-0.2, 0) is 11.3 Å². The van der Waals surface area contributed by atoms with E-state index in [0.29, 0.717) is 12.4 Å². The third kappa shape index (κ3) is 10.3.